The van der Waals surface area contributed by atoms with E-state index in [0.717, 1.165) is 28.6 Å². The molecule has 1 aromatic heterocycles. The third kappa shape index (κ3) is 2.49. The molecule has 0 amide bonds. The van der Waals surface area contributed by atoms with Crippen LogP contribution in [0.5, 0.6) is 0 Å². The molecule has 0 spiro atoms. The van der Waals surface area contributed by atoms with Gasteiger partial charge in [0.1, 0.15) is 0 Å². The van der Waals surface area contributed by atoms with E-state index in [9.17, 15) is 0 Å². The smallest absolute Gasteiger partial charge is 0.201 e. The van der Waals surface area contributed by atoms with Crippen molar-refractivity contribution in [3.05, 3.63) is 22.7 Å². The SMILES string of the molecule is CCN1CCC(Cn2c(N)nc3ccc(Br)cc32)C1. The van der Waals surface area contributed by atoms with Crippen molar-refractivity contribution >= 4 is 32.9 Å². The first-order chi connectivity index (χ1) is 9.17. The van der Waals surface area contributed by atoms with Crippen molar-refractivity contribution in [1.82, 2.24) is 14.5 Å². The Bertz CT molecular complexity index is 592. The van der Waals surface area contributed by atoms with Gasteiger partial charge in [0.05, 0.1) is 11.0 Å². The minimum atomic E-state index is 0.628. The third-order valence-corrected chi connectivity index (χ3v) is 4.49. The topological polar surface area (TPSA) is 47.1 Å². The first kappa shape index (κ1) is 12.9. The Hall–Kier alpha value is -1.07. The molecule has 2 aromatic rings. The molecular formula is C14H19BrN4. The van der Waals surface area contributed by atoms with Crippen LogP contribution in [0, 0.1) is 5.92 Å². The van der Waals surface area contributed by atoms with Crippen molar-refractivity contribution in [2.75, 3.05) is 25.4 Å². The fourth-order valence-corrected chi connectivity index (χ4v) is 3.26. The first-order valence-electron chi connectivity index (χ1n) is 6.81. The molecule has 4 nitrogen and oxygen atoms in total. The summed E-state index contributed by atoms with van der Waals surface area (Å²) in [6.07, 6.45) is 1.25. The van der Waals surface area contributed by atoms with Crippen LogP contribution < -0.4 is 5.73 Å². The van der Waals surface area contributed by atoms with E-state index in [2.05, 4.69) is 43.4 Å². The van der Waals surface area contributed by atoms with E-state index in [0.29, 0.717) is 11.9 Å². The van der Waals surface area contributed by atoms with E-state index in [4.69, 9.17) is 5.73 Å². The van der Waals surface area contributed by atoms with Gasteiger partial charge in [0.2, 0.25) is 5.95 Å². The highest BCUT2D eigenvalue weighted by molar-refractivity contribution is 9.10. The summed E-state index contributed by atoms with van der Waals surface area (Å²) < 4.78 is 3.23. The molecule has 5 heteroatoms. The van der Waals surface area contributed by atoms with E-state index in [1.165, 1.54) is 19.5 Å². The van der Waals surface area contributed by atoms with Crippen LogP contribution in [0.25, 0.3) is 11.0 Å². The Labute approximate surface area is 121 Å². The van der Waals surface area contributed by atoms with Crippen LogP contribution in [0.4, 0.5) is 5.95 Å². The van der Waals surface area contributed by atoms with E-state index in [1.54, 1.807) is 0 Å². The lowest BCUT2D eigenvalue weighted by Gasteiger charge is -2.14. The zero-order chi connectivity index (χ0) is 13.4. The molecule has 3 rings (SSSR count). The maximum atomic E-state index is 6.07. The number of likely N-dealkylation sites (tertiary alicyclic amines) is 1. The van der Waals surface area contributed by atoms with E-state index >= 15 is 0 Å². The van der Waals surface area contributed by atoms with Gasteiger partial charge in [0, 0.05) is 17.6 Å². The molecule has 0 aliphatic carbocycles. The predicted octanol–water partition coefficient (Wildman–Crippen LogP) is 2.72. The Morgan fingerprint density at radius 3 is 3.05 bits per heavy atom. The van der Waals surface area contributed by atoms with Crippen molar-refractivity contribution in [3.8, 4) is 0 Å². The number of nitrogens with zero attached hydrogens (tertiary/aromatic N) is 3. The number of fused-ring (bicyclic) bond motifs is 1. The minimum absolute atomic E-state index is 0.628. The van der Waals surface area contributed by atoms with Crippen LogP contribution in [-0.2, 0) is 6.54 Å². The zero-order valence-corrected chi connectivity index (χ0v) is 12.7. The molecule has 1 aliphatic heterocycles. The van der Waals surface area contributed by atoms with Crippen LogP contribution in [0.3, 0.4) is 0 Å². The summed E-state index contributed by atoms with van der Waals surface area (Å²) in [6.45, 7) is 6.71. The van der Waals surface area contributed by atoms with Crippen LogP contribution in [0.15, 0.2) is 22.7 Å². The van der Waals surface area contributed by atoms with Gasteiger partial charge in [-0.3, -0.25) is 0 Å². The van der Waals surface area contributed by atoms with Gasteiger partial charge in [0.15, 0.2) is 0 Å². The van der Waals surface area contributed by atoms with Crippen molar-refractivity contribution in [3.63, 3.8) is 0 Å². The molecule has 1 saturated heterocycles. The van der Waals surface area contributed by atoms with Crippen molar-refractivity contribution in [1.29, 1.82) is 0 Å². The summed E-state index contributed by atoms with van der Waals surface area (Å²) in [5, 5.41) is 0. The van der Waals surface area contributed by atoms with Gasteiger partial charge >= 0.3 is 0 Å². The lowest BCUT2D eigenvalue weighted by molar-refractivity contribution is 0.334. The standard InChI is InChI=1S/C14H19BrN4/c1-2-18-6-5-10(8-18)9-19-13-7-11(15)3-4-12(13)17-14(19)16/h3-4,7,10H,2,5-6,8-9H2,1H3,(H2,16,17). The molecule has 0 radical (unpaired) electrons. The van der Waals surface area contributed by atoms with Gasteiger partial charge in [-0.15, -0.1) is 0 Å². The number of benzene rings is 1. The molecule has 1 fully saturated rings. The van der Waals surface area contributed by atoms with Gasteiger partial charge < -0.3 is 15.2 Å². The molecule has 2 heterocycles. The summed E-state index contributed by atoms with van der Waals surface area (Å²) in [6, 6.07) is 6.12. The van der Waals surface area contributed by atoms with E-state index < -0.39 is 0 Å². The van der Waals surface area contributed by atoms with Crippen molar-refractivity contribution in [2.24, 2.45) is 5.92 Å². The normalized spacial score (nSPS) is 20.4. The van der Waals surface area contributed by atoms with Crippen LogP contribution >= 0.6 is 15.9 Å². The molecule has 2 N–H and O–H groups in total. The van der Waals surface area contributed by atoms with Crippen LogP contribution in [-0.4, -0.2) is 34.1 Å². The summed E-state index contributed by atoms with van der Waals surface area (Å²) in [7, 11) is 0. The van der Waals surface area contributed by atoms with Gasteiger partial charge in [-0.25, -0.2) is 4.98 Å². The third-order valence-electron chi connectivity index (χ3n) is 4.00. The maximum Gasteiger partial charge on any atom is 0.201 e. The Morgan fingerprint density at radius 1 is 1.47 bits per heavy atom. The zero-order valence-electron chi connectivity index (χ0n) is 11.1. The van der Waals surface area contributed by atoms with Gasteiger partial charge in [0.25, 0.3) is 0 Å². The number of anilines is 1. The van der Waals surface area contributed by atoms with E-state index in [1.807, 2.05) is 12.1 Å². The van der Waals surface area contributed by atoms with Crippen molar-refractivity contribution in [2.45, 2.75) is 19.9 Å². The van der Waals surface area contributed by atoms with Crippen LogP contribution in [0.2, 0.25) is 0 Å². The number of aromatic nitrogens is 2. The Balaban J connectivity index is 1.88. The van der Waals surface area contributed by atoms with Crippen molar-refractivity contribution < 1.29 is 0 Å². The summed E-state index contributed by atoms with van der Waals surface area (Å²) in [5.74, 6) is 1.31. The van der Waals surface area contributed by atoms with Gasteiger partial charge in [-0.1, -0.05) is 22.9 Å². The summed E-state index contributed by atoms with van der Waals surface area (Å²) >= 11 is 3.52. The van der Waals surface area contributed by atoms with Crippen LogP contribution in [0.1, 0.15) is 13.3 Å². The monoisotopic (exact) mass is 322 g/mol. The lowest BCUT2D eigenvalue weighted by Crippen LogP contribution is -2.21. The second kappa shape index (κ2) is 5.13. The minimum Gasteiger partial charge on any atom is -0.369 e. The number of nitrogens with two attached hydrogens (primary N) is 1. The molecule has 0 saturated carbocycles. The largest absolute Gasteiger partial charge is 0.369 e. The summed E-state index contributed by atoms with van der Waals surface area (Å²) in [4.78, 5) is 6.94. The first-order valence-corrected chi connectivity index (χ1v) is 7.60. The van der Waals surface area contributed by atoms with E-state index in [-0.39, 0.29) is 0 Å². The fraction of sp³-hybridized carbons (Fsp3) is 0.500. The molecule has 1 unspecified atom stereocenters. The predicted molar refractivity (Wildman–Crippen MR) is 82.1 cm³/mol. The number of hydrogen-bond donors (Lipinski definition) is 1. The molecule has 1 aromatic carbocycles. The highest BCUT2D eigenvalue weighted by atomic mass is 79.9. The molecule has 102 valence electrons. The Morgan fingerprint density at radius 2 is 2.32 bits per heavy atom. The number of nitrogen functional groups attached to an aromatic ring is 1. The average molecular weight is 323 g/mol. The number of hydrogen-bond acceptors (Lipinski definition) is 3. The van der Waals surface area contributed by atoms with Gasteiger partial charge in [-0.05, 0) is 43.6 Å². The highest BCUT2D eigenvalue weighted by Gasteiger charge is 2.23. The summed E-state index contributed by atoms with van der Waals surface area (Å²) in [5.41, 5.74) is 8.18. The highest BCUT2D eigenvalue weighted by Crippen LogP contribution is 2.25. The number of rotatable bonds is 3. The quantitative estimate of drug-likeness (QED) is 0.945. The van der Waals surface area contributed by atoms with Gasteiger partial charge in [-0.2, -0.15) is 0 Å². The molecule has 1 atom stereocenters. The lowest BCUT2D eigenvalue weighted by atomic mass is 10.1. The average Bonchev–Trinajstić information content (AvgIpc) is 2.96. The second-order valence-corrected chi connectivity index (χ2v) is 6.18. The fourth-order valence-electron chi connectivity index (χ4n) is 2.91. The number of halogens is 1. The maximum absolute atomic E-state index is 6.07. The number of imidazole rings is 1. The molecule has 19 heavy (non-hydrogen) atoms. The molecule has 1 aliphatic rings. The Kier molecular flexibility index (Phi) is 3.50. The molecule has 0 bridgehead atoms. The second-order valence-electron chi connectivity index (χ2n) is 5.26. The molecular weight excluding hydrogens is 304 g/mol.